The van der Waals surface area contributed by atoms with E-state index in [4.69, 9.17) is 37.4 Å². The molecule has 2 atom stereocenters. The Morgan fingerprint density at radius 1 is 1.13 bits per heavy atom. The normalized spacial score (nSPS) is 21.5. The maximum absolute atomic E-state index is 12.2. The number of imidazole rings is 1. The van der Waals surface area contributed by atoms with Crippen LogP contribution in [0, 0.1) is 0 Å². The van der Waals surface area contributed by atoms with Gasteiger partial charge in [0.25, 0.3) is 0 Å². The van der Waals surface area contributed by atoms with Crippen molar-refractivity contribution < 1.29 is 19.0 Å². The van der Waals surface area contributed by atoms with Gasteiger partial charge in [-0.05, 0) is 36.4 Å². The highest BCUT2D eigenvalue weighted by Gasteiger charge is 2.45. The molecule has 202 valence electrons. The number of ether oxygens (including phenoxy) is 3. The average Bonchev–Trinajstić information content (AvgIpc) is 3.58. The van der Waals surface area contributed by atoms with Crippen molar-refractivity contribution in [2.24, 2.45) is 0 Å². The molecule has 11 heteroatoms. The Bertz CT molecular complexity index is 1230. The molecule has 5 rings (SSSR count). The fraction of sp³-hybridized carbons (Fsp3) is 0.407. The number of hydrogen-bond acceptors (Lipinski definition) is 6. The zero-order valence-electron chi connectivity index (χ0n) is 21.4. The van der Waals surface area contributed by atoms with Crippen LogP contribution in [0.3, 0.4) is 0 Å². The molecule has 38 heavy (non-hydrogen) atoms. The summed E-state index contributed by atoms with van der Waals surface area (Å²) in [5.74, 6) is -0.341. The van der Waals surface area contributed by atoms with Gasteiger partial charge in [0, 0.05) is 68.9 Å². The monoisotopic (exact) mass is 559 g/mol. The van der Waals surface area contributed by atoms with E-state index in [9.17, 15) is 4.79 Å². The molecule has 0 spiro atoms. The first-order chi connectivity index (χ1) is 18.3. The molecule has 2 aliphatic heterocycles. The predicted octanol–water partition coefficient (Wildman–Crippen LogP) is 4.34. The molecule has 9 nitrogen and oxygen atoms in total. The van der Waals surface area contributed by atoms with E-state index in [1.807, 2.05) is 46.0 Å². The van der Waals surface area contributed by atoms with Gasteiger partial charge in [-0.25, -0.2) is 9.78 Å². The number of urea groups is 1. The van der Waals surface area contributed by atoms with Crippen molar-refractivity contribution in [2.75, 3.05) is 58.4 Å². The second-order valence-electron chi connectivity index (χ2n) is 9.62. The van der Waals surface area contributed by atoms with Crippen LogP contribution in [0.5, 0.6) is 5.75 Å². The molecule has 0 aliphatic carbocycles. The van der Waals surface area contributed by atoms with Gasteiger partial charge < -0.3 is 33.5 Å². The summed E-state index contributed by atoms with van der Waals surface area (Å²) in [6.45, 7) is 4.04. The molecule has 2 aromatic carbocycles. The van der Waals surface area contributed by atoms with Gasteiger partial charge in [-0.2, -0.15) is 0 Å². The van der Waals surface area contributed by atoms with Gasteiger partial charge in [-0.1, -0.05) is 29.3 Å². The Morgan fingerprint density at radius 3 is 2.55 bits per heavy atom. The van der Waals surface area contributed by atoms with Crippen molar-refractivity contribution in [3.8, 4) is 5.75 Å². The van der Waals surface area contributed by atoms with E-state index in [1.54, 1.807) is 43.7 Å². The minimum atomic E-state index is -1.09. The van der Waals surface area contributed by atoms with Crippen LogP contribution in [0.15, 0.2) is 61.2 Å². The molecule has 1 aromatic heterocycles. The third kappa shape index (κ3) is 5.86. The van der Waals surface area contributed by atoms with Crippen LogP contribution < -0.4 is 9.64 Å². The molecule has 2 fully saturated rings. The Kier molecular flexibility index (Phi) is 7.99. The topological polar surface area (TPSA) is 72.3 Å². The summed E-state index contributed by atoms with van der Waals surface area (Å²) in [5, 5.41) is 1.02. The number of carbonyl (C=O) groups is 1. The second-order valence-corrected chi connectivity index (χ2v) is 10.5. The summed E-state index contributed by atoms with van der Waals surface area (Å²) >= 11 is 12.7. The first kappa shape index (κ1) is 26.6. The summed E-state index contributed by atoms with van der Waals surface area (Å²) in [5.41, 5.74) is 1.81. The Hall–Kier alpha value is -2.98. The molecule has 2 aliphatic rings. The van der Waals surface area contributed by atoms with E-state index >= 15 is 0 Å². The zero-order valence-corrected chi connectivity index (χ0v) is 22.9. The first-order valence-electron chi connectivity index (χ1n) is 12.5. The van der Waals surface area contributed by atoms with Crippen LogP contribution in [0.1, 0.15) is 5.56 Å². The third-order valence-corrected chi connectivity index (χ3v) is 7.27. The molecular formula is C27H31Cl2N5O4. The number of piperazine rings is 1. The van der Waals surface area contributed by atoms with E-state index in [1.165, 1.54) is 0 Å². The number of hydrogen-bond donors (Lipinski definition) is 0. The summed E-state index contributed by atoms with van der Waals surface area (Å²) < 4.78 is 20.7. The summed E-state index contributed by atoms with van der Waals surface area (Å²) in [6.07, 6.45) is 4.97. The highest BCUT2D eigenvalue weighted by molar-refractivity contribution is 6.35. The van der Waals surface area contributed by atoms with Gasteiger partial charge in [0.1, 0.15) is 18.5 Å². The van der Waals surface area contributed by atoms with Crippen molar-refractivity contribution in [1.82, 2.24) is 19.4 Å². The first-order valence-corrected chi connectivity index (χ1v) is 13.3. The summed E-state index contributed by atoms with van der Waals surface area (Å²) in [7, 11) is 3.56. The molecule has 0 radical (unpaired) electrons. The lowest BCUT2D eigenvalue weighted by Gasteiger charge is -2.37. The fourth-order valence-electron chi connectivity index (χ4n) is 4.76. The number of benzene rings is 2. The van der Waals surface area contributed by atoms with Gasteiger partial charge >= 0.3 is 6.03 Å². The van der Waals surface area contributed by atoms with Crippen molar-refractivity contribution in [3.05, 3.63) is 76.8 Å². The minimum Gasteiger partial charge on any atom is -0.491 e. The third-order valence-electron chi connectivity index (χ3n) is 6.72. The lowest BCUT2D eigenvalue weighted by atomic mass is 10.1. The van der Waals surface area contributed by atoms with E-state index < -0.39 is 5.79 Å². The molecule has 0 N–H and O–H groups in total. The van der Waals surface area contributed by atoms with E-state index in [2.05, 4.69) is 9.88 Å². The van der Waals surface area contributed by atoms with Crippen LogP contribution in [0.25, 0.3) is 0 Å². The largest absolute Gasteiger partial charge is 0.491 e. The maximum Gasteiger partial charge on any atom is 0.319 e. The minimum absolute atomic E-state index is 0.0545. The van der Waals surface area contributed by atoms with E-state index in [-0.39, 0.29) is 12.1 Å². The van der Waals surface area contributed by atoms with E-state index in [0.29, 0.717) is 48.5 Å². The highest BCUT2D eigenvalue weighted by atomic mass is 35.5. The molecule has 3 aromatic rings. The molecule has 2 saturated heterocycles. The number of nitrogens with zero attached hydrogens (tertiary/aromatic N) is 5. The number of aromatic nitrogens is 2. The molecule has 0 saturated carbocycles. The second kappa shape index (κ2) is 11.4. The van der Waals surface area contributed by atoms with Crippen molar-refractivity contribution >= 4 is 34.9 Å². The summed E-state index contributed by atoms with van der Waals surface area (Å²) in [6, 6.07) is 13.3. The SMILES string of the molecule is CN(C)C(=O)N1CCN(c2ccc(OC[C@@H]3CO[C@@](Cn4ccnc4)(c4ccc(Cl)cc4Cl)O3)cc2)CC1. The lowest BCUT2D eigenvalue weighted by molar-refractivity contribution is -0.189. The van der Waals surface area contributed by atoms with Gasteiger partial charge in [0.2, 0.25) is 5.79 Å². The van der Waals surface area contributed by atoms with Crippen LogP contribution in [0.2, 0.25) is 10.0 Å². The zero-order chi connectivity index (χ0) is 26.7. The Morgan fingerprint density at radius 2 is 1.89 bits per heavy atom. The summed E-state index contributed by atoms with van der Waals surface area (Å²) in [4.78, 5) is 22.1. The highest BCUT2D eigenvalue weighted by Crippen LogP contribution is 2.40. The lowest BCUT2D eigenvalue weighted by Crippen LogP contribution is -2.51. The number of halogens is 2. The number of carbonyl (C=O) groups excluding carboxylic acids is 1. The van der Waals surface area contributed by atoms with Crippen LogP contribution in [-0.4, -0.2) is 85.0 Å². The average molecular weight is 560 g/mol. The van der Waals surface area contributed by atoms with Crippen molar-refractivity contribution in [3.63, 3.8) is 0 Å². The standard InChI is InChI=1S/C27H31Cl2N5O4/c1-31(2)26(35)34-13-11-33(12-14-34)21-4-6-22(7-5-21)36-16-23-17-37-27(38-23,18-32-10-9-30-19-32)24-8-3-20(28)15-25(24)29/h3-10,15,19,23H,11-14,16-18H2,1-2H3/t23-,27-/m1/s1. The molecule has 0 unspecified atom stereocenters. The quantitative estimate of drug-likeness (QED) is 0.428. The maximum atomic E-state index is 12.2. The molecule has 3 heterocycles. The van der Waals surface area contributed by atoms with E-state index in [0.717, 1.165) is 24.5 Å². The predicted molar refractivity (Wildman–Crippen MR) is 146 cm³/mol. The van der Waals surface area contributed by atoms with Gasteiger partial charge in [0.05, 0.1) is 24.5 Å². The van der Waals surface area contributed by atoms with Gasteiger partial charge in [-0.15, -0.1) is 0 Å². The Labute approximate surface area is 232 Å². The van der Waals surface area contributed by atoms with Crippen molar-refractivity contribution in [1.29, 1.82) is 0 Å². The number of amides is 2. The smallest absolute Gasteiger partial charge is 0.319 e. The molecular weight excluding hydrogens is 529 g/mol. The van der Waals surface area contributed by atoms with Crippen LogP contribution in [-0.2, 0) is 21.8 Å². The fourth-order valence-corrected chi connectivity index (χ4v) is 5.31. The van der Waals surface area contributed by atoms with Gasteiger partial charge in [0.15, 0.2) is 0 Å². The van der Waals surface area contributed by atoms with Gasteiger partial charge in [-0.3, -0.25) is 0 Å². The van der Waals surface area contributed by atoms with Crippen LogP contribution in [0.4, 0.5) is 10.5 Å². The Balaban J connectivity index is 1.19. The number of rotatable bonds is 7. The number of anilines is 1. The van der Waals surface area contributed by atoms with Crippen LogP contribution >= 0.6 is 23.2 Å². The van der Waals surface area contributed by atoms with Crippen molar-refractivity contribution in [2.45, 2.75) is 18.4 Å². The molecule has 0 bridgehead atoms. The molecule has 2 amide bonds.